The third-order valence-corrected chi connectivity index (χ3v) is 26.1. The summed E-state index contributed by atoms with van der Waals surface area (Å²) >= 11 is -0.346. The molecule has 306 valence electrons. The van der Waals surface area contributed by atoms with Gasteiger partial charge in [0.2, 0.25) is 0 Å². The van der Waals surface area contributed by atoms with Gasteiger partial charge in [-0.05, 0) is 94.0 Å². The summed E-state index contributed by atoms with van der Waals surface area (Å²) in [6.45, 7) is 5.28. The number of hydrogen-bond donors (Lipinski definition) is 0. The molecule has 0 amide bonds. The minimum Gasteiger partial charge on any atom is -0.0622 e. The number of benzene rings is 9. The van der Waals surface area contributed by atoms with Crippen LogP contribution in [0.25, 0.3) is 21.5 Å². The van der Waals surface area contributed by atoms with Crippen molar-refractivity contribution in [1.29, 1.82) is 0 Å². The van der Waals surface area contributed by atoms with E-state index in [2.05, 4.69) is 250 Å². The van der Waals surface area contributed by atoms with Crippen molar-refractivity contribution in [3.05, 3.63) is 237 Å². The van der Waals surface area contributed by atoms with Crippen LogP contribution in [0.4, 0.5) is 0 Å². The molecular formula is C54H49Cl2P3RuSi. The zero-order valence-electron chi connectivity index (χ0n) is 34.4. The van der Waals surface area contributed by atoms with Crippen molar-refractivity contribution in [2.45, 2.75) is 13.1 Å². The summed E-state index contributed by atoms with van der Waals surface area (Å²) in [6, 6.07) is 86.7. The van der Waals surface area contributed by atoms with Crippen LogP contribution in [0.15, 0.2) is 237 Å². The van der Waals surface area contributed by atoms with E-state index in [-0.39, 0.29) is 15.1 Å². The van der Waals surface area contributed by atoms with E-state index >= 15 is 0 Å². The van der Waals surface area contributed by atoms with Gasteiger partial charge in [0, 0.05) is 0 Å². The van der Waals surface area contributed by atoms with Crippen LogP contribution in [0.3, 0.4) is 0 Å². The fourth-order valence-electron chi connectivity index (χ4n) is 7.82. The third-order valence-electron chi connectivity index (χ3n) is 10.5. The normalized spacial score (nSPS) is 12.2. The summed E-state index contributed by atoms with van der Waals surface area (Å²) in [4.78, 5) is 0. The second kappa shape index (κ2) is 23.1. The predicted molar refractivity (Wildman–Crippen MR) is 277 cm³/mol. The predicted octanol–water partition coefficient (Wildman–Crippen LogP) is 13.2. The monoisotopic (exact) mass is 990 g/mol. The molecule has 0 radical (unpaired) electrons. The average Bonchev–Trinajstić information content (AvgIpc) is 3.32. The van der Waals surface area contributed by atoms with E-state index in [1.54, 1.807) is 0 Å². The van der Waals surface area contributed by atoms with Gasteiger partial charge >= 0.3 is 34.5 Å². The Labute approximate surface area is 383 Å². The quantitative estimate of drug-likeness (QED) is 0.0895. The molecule has 2 atom stereocenters. The van der Waals surface area contributed by atoms with Crippen molar-refractivity contribution in [2.24, 2.45) is 0 Å². The summed E-state index contributed by atoms with van der Waals surface area (Å²) in [5.74, 6) is 2.58. The summed E-state index contributed by atoms with van der Waals surface area (Å²) in [7, 11) is 6.64. The summed E-state index contributed by atoms with van der Waals surface area (Å²) in [5.41, 5.74) is 0. The number of halogens is 2. The van der Waals surface area contributed by atoms with E-state index in [0.29, 0.717) is 0 Å². The molecule has 0 N–H and O–H groups in total. The van der Waals surface area contributed by atoms with E-state index in [0.717, 1.165) is 0 Å². The SMILES string of the molecule is C[Si](C)(C[P@@](c1ccccc1)c1cccc2ccccc12)C[P@@](c1ccccc1)c1cccc2ccccc12.[Cl][Ru][Cl].c1ccc(P(c2ccccc2)c2ccccc2)cc1. The van der Waals surface area contributed by atoms with Gasteiger partial charge in [-0.15, -0.1) is 0 Å². The second-order valence-electron chi connectivity index (χ2n) is 15.4. The van der Waals surface area contributed by atoms with Gasteiger partial charge in [0.15, 0.2) is 0 Å². The molecule has 0 aliphatic rings. The average molecular weight is 991 g/mol. The fraction of sp³-hybridized carbons (Fsp3) is 0.0741. The molecule has 0 bridgehead atoms. The minimum atomic E-state index is -1.68. The Bertz CT molecular complexity index is 2460. The molecule has 0 aromatic heterocycles. The smallest absolute Gasteiger partial charge is 0.0134 e. The fourth-order valence-corrected chi connectivity index (χ4v) is 24.2. The molecule has 0 heterocycles. The molecule has 0 fully saturated rings. The first-order chi connectivity index (χ1) is 30.0. The molecule has 0 spiro atoms. The molecule has 61 heavy (non-hydrogen) atoms. The van der Waals surface area contributed by atoms with Crippen molar-refractivity contribution in [3.8, 4) is 0 Å². The van der Waals surface area contributed by atoms with E-state index < -0.39 is 31.8 Å². The summed E-state index contributed by atoms with van der Waals surface area (Å²) in [6.07, 6.45) is 0. The van der Waals surface area contributed by atoms with Crippen LogP contribution in [0.2, 0.25) is 13.1 Å². The molecule has 0 saturated carbocycles. The Morgan fingerprint density at radius 1 is 0.344 bits per heavy atom. The van der Waals surface area contributed by atoms with E-state index in [9.17, 15) is 0 Å². The van der Waals surface area contributed by atoms with Crippen molar-refractivity contribution in [3.63, 3.8) is 0 Å². The molecule has 7 heteroatoms. The first-order valence-corrected chi connectivity index (χ1v) is 32.7. The Kier molecular flexibility index (Phi) is 17.1. The van der Waals surface area contributed by atoms with E-state index in [1.807, 2.05) is 0 Å². The van der Waals surface area contributed by atoms with E-state index in [4.69, 9.17) is 19.4 Å². The number of fused-ring (bicyclic) bond motifs is 2. The van der Waals surface area contributed by atoms with Gasteiger partial charge in [-0.2, -0.15) is 0 Å². The maximum Gasteiger partial charge on any atom is -0.0134 e. The molecule has 9 aromatic rings. The molecule has 0 aliphatic heterocycles. The zero-order valence-corrected chi connectivity index (χ0v) is 41.3. The Morgan fingerprint density at radius 3 is 0.934 bits per heavy atom. The molecule has 0 saturated heterocycles. The minimum absolute atomic E-state index is 0.346. The molecule has 0 nitrogen and oxygen atoms in total. The van der Waals surface area contributed by atoms with Gasteiger partial charge < -0.3 is 0 Å². The van der Waals surface area contributed by atoms with Crippen LogP contribution < -0.4 is 37.1 Å². The van der Waals surface area contributed by atoms with E-state index in [1.165, 1.54) is 70.2 Å². The van der Waals surface area contributed by atoms with Crippen LogP contribution >= 0.6 is 43.1 Å². The first kappa shape index (κ1) is 45.2. The van der Waals surface area contributed by atoms with Crippen molar-refractivity contribution in [2.75, 3.05) is 11.6 Å². The van der Waals surface area contributed by atoms with Crippen LogP contribution in [0.1, 0.15) is 0 Å². The molecule has 9 aromatic carbocycles. The van der Waals surface area contributed by atoms with Crippen LogP contribution in [0.5, 0.6) is 0 Å². The van der Waals surface area contributed by atoms with Crippen LogP contribution in [-0.4, -0.2) is 19.6 Å². The molecular weight excluding hydrogens is 942 g/mol. The first-order valence-electron chi connectivity index (χ1n) is 20.4. The van der Waals surface area contributed by atoms with Gasteiger partial charge in [-0.25, -0.2) is 0 Å². The number of hydrogen-bond acceptors (Lipinski definition) is 0. The molecule has 9 rings (SSSR count). The maximum absolute atomic E-state index is 4.85. The number of rotatable bonds is 11. The Hall–Kier alpha value is -3.79. The summed E-state index contributed by atoms with van der Waals surface area (Å²) in [5, 5.41) is 15.8. The standard InChI is InChI=1S/C36H34P2Si.C18H15P.2ClH.Ru/c1-39(2,27-37(31-19-5-3-6-20-31)35-25-13-17-29-15-9-11-23-33(29)35)28-38(32-21-7-4-8-22-32)36-26-14-18-30-16-10-12-24-34(30)36;1-4-10-16(11-5-1)19(17-12-6-2-7-13-17)18-14-8-3-9-15-18;;;/h3-26H,27-28H2,1-2H3;1-15H;2*1H;/q;;;;+2/p-2/t37-,38-;;;;/m0..../s1. The largest absolute Gasteiger partial charge is 0.0622 e. The zero-order chi connectivity index (χ0) is 42.3. The van der Waals surface area contributed by atoms with Crippen molar-refractivity contribution in [1.82, 2.24) is 0 Å². The Morgan fingerprint density at radius 2 is 0.607 bits per heavy atom. The van der Waals surface area contributed by atoms with Crippen LogP contribution in [-0.2, 0) is 15.1 Å². The van der Waals surface area contributed by atoms with Gasteiger partial charge in [-0.1, -0.05) is 250 Å². The molecule has 0 unspecified atom stereocenters. The second-order valence-corrected chi connectivity index (χ2v) is 30.8. The van der Waals surface area contributed by atoms with Crippen molar-refractivity contribution >= 4 is 110 Å². The van der Waals surface area contributed by atoms with Gasteiger partial charge in [0.05, 0.1) is 8.07 Å². The topological polar surface area (TPSA) is 0 Å². The van der Waals surface area contributed by atoms with Crippen LogP contribution in [0, 0.1) is 0 Å². The van der Waals surface area contributed by atoms with Gasteiger partial charge in [0.1, 0.15) is 0 Å². The van der Waals surface area contributed by atoms with Gasteiger partial charge in [-0.3, -0.25) is 0 Å². The summed E-state index contributed by atoms with van der Waals surface area (Å²) < 4.78 is 0. The molecule has 0 aliphatic carbocycles. The van der Waals surface area contributed by atoms with Gasteiger partial charge in [0.25, 0.3) is 0 Å². The Balaban J connectivity index is 0.000000212. The maximum atomic E-state index is 4.85. The van der Waals surface area contributed by atoms with Crippen molar-refractivity contribution < 1.29 is 15.1 Å². The third kappa shape index (κ3) is 12.2.